The second kappa shape index (κ2) is 9.50. The second-order valence-corrected chi connectivity index (χ2v) is 8.44. The predicted molar refractivity (Wildman–Crippen MR) is 130 cm³/mol. The van der Waals surface area contributed by atoms with E-state index >= 15 is 0 Å². The van der Waals surface area contributed by atoms with Gasteiger partial charge in [0.05, 0.1) is 0 Å². The molecule has 176 valence electrons. The van der Waals surface area contributed by atoms with E-state index in [0.717, 1.165) is 12.1 Å². The van der Waals surface area contributed by atoms with Gasteiger partial charge in [0, 0.05) is 41.9 Å². The van der Waals surface area contributed by atoms with Crippen LogP contribution in [0.25, 0.3) is 11.4 Å². The van der Waals surface area contributed by atoms with E-state index < -0.39 is 0 Å². The van der Waals surface area contributed by atoms with Gasteiger partial charge < -0.3 is 14.7 Å². The topological polar surface area (TPSA) is 88.3 Å². The Bertz CT molecular complexity index is 1400. The van der Waals surface area contributed by atoms with Crippen LogP contribution in [0, 0.1) is 12.7 Å². The van der Waals surface area contributed by atoms with Crippen LogP contribution in [0.1, 0.15) is 33.8 Å². The number of hydrogen-bond donors (Lipinski definition) is 1. The number of anilines is 2. The maximum Gasteiger partial charge on any atom is 0.258 e. The quantitative estimate of drug-likeness (QED) is 0.430. The molecule has 1 aliphatic heterocycles. The summed E-state index contributed by atoms with van der Waals surface area (Å²) in [4.78, 5) is 31.4. The molecule has 1 aromatic heterocycles. The van der Waals surface area contributed by atoms with Gasteiger partial charge in [-0.1, -0.05) is 23.4 Å². The Kier molecular flexibility index (Phi) is 6.10. The summed E-state index contributed by atoms with van der Waals surface area (Å²) >= 11 is 0. The molecule has 0 unspecified atom stereocenters. The van der Waals surface area contributed by atoms with Crippen molar-refractivity contribution < 1.29 is 18.5 Å². The highest BCUT2D eigenvalue weighted by Gasteiger charge is 2.25. The average Bonchev–Trinajstić information content (AvgIpc) is 3.52. The Morgan fingerprint density at radius 3 is 2.69 bits per heavy atom. The molecule has 0 aliphatic carbocycles. The zero-order valence-electron chi connectivity index (χ0n) is 19.1. The molecule has 35 heavy (non-hydrogen) atoms. The van der Waals surface area contributed by atoms with Gasteiger partial charge in [0.2, 0.25) is 17.6 Å². The molecule has 4 aromatic rings. The number of fused-ring (bicyclic) bond motifs is 1. The predicted octanol–water partition coefficient (Wildman–Crippen LogP) is 4.96. The summed E-state index contributed by atoms with van der Waals surface area (Å²) in [6.45, 7) is 2.33. The molecule has 0 bridgehead atoms. The summed E-state index contributed by atoms with van der Waals surface area (Å²) in [7, 11) is 0. The van der Waals surface area contributed by atoms with Crippen molar-refractivity contribution in [2.24, 2.45) is 0 Å². The highest BCUT2D eigenvalue weighted by Crippen LogP contribution is 2.29. The molecule has 2 amide bonds. The number of nitrogens with one attached hydrogen (secondary N) is 1. The first-order chi connectivity index (χ1) is 17.0. The van der Waals surface area contributed by atoms with E-state index in [2.05, 4.69) is 15.5 Å². The van der Waals surface area contributed by atoms with Gasteiger partial charge in [0.1, 0.15) is 5.82 Å². The number of carbonyl (C=O) groups excluding carboxylic acids is 2. The first-order valence-electron chi connectivity index (χ1n) is 11.4. The van der Waals surface area contributed by atoms with Crippen LogP contribution in [0.15, 0.2) is 71.3 Å². The van der Waals surface area contributed by atoms with Crippen molar-refractivity contribution in [3.63, 3.8) is 0 Å². The fourth-order valence-corrected chi connectivity index (χ4v) is 4.10. The third-order valence-electron chi connectivity index (χ3n) is 6.00. The van der Waals surface area contributed by atoms with Crippen LogP contribution < -0.4 is 10.2 Å². The number of benzene rings is 3. The number of aromatic nitrogens is 2. The number of aryl methyl sites for hydroxylation is 2. The van der Waals surface area contributed by atoms with Gasteiger partial charge in [-0.05, 0) is 73.0 Å². The van der Waals surface area contributed by atoms with Gasteiger partial charge in [-0.15, -0.1) is 0 Å². The fourth-order valence-electron chi connectivity index (χ4n) is 4.10. The van der Waals surface area contributed by atoms with E-state index in [1.54, 1.807) is 48.2 Å². The molecule has 0 spiro atoms. The first-order valence-corrected chi connectivity index (χ1v) is 11.4. The number of halogens is 1. The van der Waals surface area contributed by atoms with Crippen molar-refractivity contribution in [1.82, 2.24) is 10.1 Å². The maximum absolute atomic E-state index is 13.5. The molecule has 0 fully saturated rings. The molecule has 1 N–H and O–H groups in total. The highest BCUT2D eigenvalue weighted by atomic mass is 19.1. The second-order valence-electron chi connectivity index (χ2n) is 8.44. The van der Waals surface area contributed by atoms with Crippen LogP contribution in [0.5, 0.6) is 0 Å². The Morgan fingerprint density at radius 2 is 1.89 bits per heavy atom. The minimum absolute atomic E-state index is 0.0589. The summed E-state index contributed by atoms with van der Waals surface area (Å²) in [5, 5.41) is 6.74. The number of para-hydroxylation sites is 1. The maximum atomic E-state index is 13.5. The summed E-state index contributed by atoms with van der Waals surface area (Å²) in [6.07, 6.45) is 1.26. The number of nitrogens with zero attached hydrogens (tertiary/aromatic N) is 3. The van der Waals surface area contributed by atoms with Gasteiger partial charge in [0.15, 0.2) is 0 Å². The lowest BCUT2D eigenvalue weighted by Crippen LogP contribution is -2.28. The molecule has 0 saturated heterocycles. The van der Waals surface area contributed by atoms with Gasteiger partial charge >= 0.3 is 0 Å². The third kappa shape index (κ3) is 4.82. The van der Waals surface area contributed by atoms with Crippen LogP contribution in [0.2, 0.25) is 0 Å². The van der Waals surface area contributed by atoms with Crippen molar-refractivity contribution >= 4 is 23.2 Å². The lowest BCUT2D eigenvalue weighted by atomic mass is 10.1. The minimum atomic E-state index is -0.298. The van der Waals surface area contributed by atoms with Crippen molar-refractivity contribution in [3.05, 3.63) is 95.1 Å². The Hall–Kier alpha value is -4.33. The van der Waals surface area contributed by atoms with Gasteiger partial charge in [-0.2, -0.15) is 4.98 Å². The van der Waals surface area contributed by atoms with Crippen LogP contribution >= 0.6 is 0 Å². The number of carbonyl (C=O) groups is 2. The zero-order valence-corrected chi connectivity index (χ0v) is 19.1. The smallest absolute Gasteiger partial charge is 0.258 e. The number of hydrogen-bond acceptors (Lipinski definition) is 5. The van der Waals surface area contributed by atoms with E-state index in [0.29, 0.717) is 40.6 Å². The number of rotatable bonds is 6. The zero-order chi connectivity index (χ0) is 24.4. The lowest BCUT2D eigenvalue weighted by Gasteiger charge is -2.17. The molecule has 0 saturated carbocycles. The number of amides is 2. The molecule has 5 rings (SSSR count). The summed E-state index contributed by atoms with van der Waals surface area (Å²) < 4.78 is 18.7. The molecule has 0 radical (unpaired) electrons. The van der Waals surface area contributed by atoms with Gasteiger partial charge in [0.25, 0.3) is 5.91 Å². The van der Waals surface area contributed by atoms with Gasteiger partial charge in [-0.25, -0.2) is 4.39 Å². The Labute approximate surface area is 201 Å². The molecular formula is C27H23FN4O3. The van der Waals surface area contributed by atoms with Crippen molar-refractivity contribution in [2.45, 2.75) is 26.2 Å². The normalized spacial score (nSPS) is 12.5. The molecule has 7 nitrogen and oxygen atoms in total. The molecular weight excluding hydrogens is 447 g/mol. The Balaban J connectivity index is 1.16. The van der Waals surface area contributed by atoms with E-state index in [1.807, 2.05) is 24.3 Å². The van der Waals surface area contributed by atoms with Crippen LogP contribution in [0.3, 0.4) is 0 Å². The monoisotopic (exact) mass is 470 g/mol. The van der Waals surface area contributed by atoms with Crippen molar-refractivity contribution in [1.29, 1.82) is 0 Å². The van der Waals surface area contributed by atoms with Crippen molar-refractivity contribution in [2.75, 3.05) is 16.8 Å². The van der Waals surface area contributed by atoms with E-state index in [4.69, 9.17) is 4.52 Å². The molecule has 0 atom stereocenters. The lowest BCUT2D eigenvalue weighted by molar-refractivity contribution is -0.116. The summed E-state index contributed by atoms with van der Waals surface area (Å²) in [5.74, 6) is 0.104. The van der Waals surface area contributed by atoms with Crippen LogP contribution in [-0.2, 0) is 17.6 Å². The molecule has 1 aliphatic rings. The van der Waals surface area contributed by atoms with Crippen molar-refractivity contribution in [3.8, 4) is 11.4 Å². The molecule has 2 heterocycles. The average molecular weight is 471 g/mol. The minimum Gasteiger partial charge on any atom is -0.339 e. The third-order valence-corrected chi connectivity index (χ3v) is 6.00. The van der Waals surface area contributed by atoms with E-state index in [1.165, 1.54) is 11.6 Å². The van der Waals surface area contributed by atoms with Crippen LogP contribution in [0.4, 0.5) is 15.8 Å². The standard InChI is InChI=1S/C27H23FN4O3/c1-17-16-20(8-11-22(17)28)26-30-25(35-31-26)13-12-24(33)29-21-9-6-19(7-10-21)27(34)32-15-14-18-4-2-3-5-23(18)32/h2-11,16H,12-15H2,1H3,(H,29,33). The highest BCUT2D eigenvalue weighted by molar-refractivity contribution is 6.07. The van der Waals surface area contributed by atoms with E-state index in [9.17, 15) is 14.0 Å². The SMILES string of the molecule is Cc1cc(-c2noc(CCC(=O)Nc3ccc(C(=O)N4CCc5ccccc54)cc3)n2)ccc1F. The van der Waals surface area contributed by atoms with Crippen LogP contribution in [-0.4, -0.2) is 28.5 Å². The van der Waals surface area contributed by atoms with E-state index in [-0.39, 0.29) is 30.5 Å². The fraction of sp³-hybridized carbons (Fsp3) is 0.185. The largest absolute Gasteiger partial charge is 0.339 e. The summed E-state index contributed by atoms with van der Waals surface area (Å²) in [5.41, 5.74) is 4.43. The molecule has 3 aromatic carbocycles. The van der Waals surface area contributed by atoms with Gasteiger partial charge in [-0.3, -0.25) is 9.59 Å². The Morgan fingerprint density at radius 1 is 1.09 bits per heavy atom. The first kappa shape index (κ1) is 22.5. The molecule has 8 heteroatoms. The summed E-state index contributed by atoms with van der Waals surface area (Å²) in [6, 6.07) is 19.4.